The molecule has 2 fully saturated rings. The second-order valence-corrected chi connectivity index (χ2v) is 14.7. The first-order valence-corrected chi connectivity index (χ1v) is 17.7. The van der Waals surface area contributed by atoms with Crippen LogP contribution in [0.3, 0.4) is 0 Å². The predicted octanol–water partition coefficient (Wildman–Crippen LogP) is 6.89. The molecule has 5 heterocycles. The fraction of sp³-hybridized carbons (Fsp3) is 0.436. The van der Waals surface area contributed by atoms with E-state index in [0.717, 1.165) is 87.4 Å². The quantitative estimate of drug-likeness (QED) is 0.156. The molecular weight excluding hydrogens is 614 g/mol. The zero-order valence-electron chi connectivity index (χ0n) is 28.9. The minimum atomic E-state index is -0.564. The van der Waals surface area contributed by atoms with Crippen molar-refractivity contribution in [2.45, 2.75) is 84.2 Å². The van der Waals surface area contributed by atoms with Crippen LogP contribution in [0.5, 0.6) is 5.75 Å². The van der Waals surface area contributed by atoms with Crippen molar-refractivity contribution in [3.63, 3.8) is 0 Å². The maximum Gasteiger partial charge on any atom is 0.246 e. The molecule has 2 aromatic heterocycles. The SMILES string of the molecule is CC[C@H]1C[C@@H](c2nc3ccc4cc5c(cc4c3[nH]2)OCc2cc(-c3cnc([C@@H]4CC[C@H](C)N4C(=O)C(NC=O)C(C)C)[nH]3)ccc2-5)N(C)C1. The van der Waals surface area contributed by atoms with Gasteiger partial charge in [0.05, 0.1) is 35.0 Å². The third kappa shape index (κ3) is 5.37. The lowest BCUT2D eigenvalue weighted by Crippen LogP contribution is -2.50. The number of nitrogens with one attached hydrogen (secondary N) is 3. The minimum absolute atomic E-state index is 0.0175. The number of rotatable bonds is 8. The van der Waals surface area contributed by atoms with E-state index in [2.05, 4.69) is 83.5 Å². The molecule has 10 nitrogen and oxygen atoms in total. The first-order chi connectivity index (χ1) is 23.7. The average molecular weight is 660 g/mol. The summed E-state index contributed by atoms with van der Waals surface area (Å²) in [6.07, 6.45) is 6.51. The standard InChI is InChI=1S/C39H45N7O3/c1-6-23-13-33(45(5)18-23)38-42-30-11-9-24-15-29-27-10-8-25(14-26(27)19-49-34(29)16-28(24)36(30)44-38)31-17-40-37(43-31)32-12-7-22(4)46(32)39(48)35(21(2)3)41-20-47/h8-11,14-17,20-23,32-33,35H,6-7,12-13,18-19H2,1-5H3,(H,40,43)(H,41,47)(H,42,44)/t22-,23-,32-,33-,35?/m0/s1. The van der Waals surface area contributed by atoms with Crippen molar-refractivity contribution in [1.82, 2.24) is 35.1 Å². The number of ether oxygens (including phenoxy) is 1. The number of nitrogens with zero attached hydrogens (tertiary/aromatic N) is 4. The number of carbonyl (C=O) groups excluding carboxylic acids is 2. The van der Waals surface area contributed by atoms with Crippen LogP contribution in [0, 0.1) is 11.8 Å². The van der Waals surface area contributed by atoms with Gasteiger partial charge in [-0.3, -0.25) is 14.5 Å². The van der Waals surface area contributed by atoms with E-state index in [4.69, 9.17) is 14.7 Å². The lowest BCUT2D eigenvalue weighted by Gasteiger charge is -2.32. The van der Waals surface area contributed by atoms with Gasteiger partial charge in [0, 0.05) is 23.5 Å². The lowest BCUT2D eigenvalue weighted by molar-refractivity contribution is -0.138. The molecule has 3 aliphatic rings. The molecule has 0 saturated carbocycles. The van der Waals surface area contributed by atoms with Gasteiger partial charge in [-0.2, -0.15) is 0 Å². The molecule has 5 atom stereocenters. The highest BCUT2D eigenvalue weighted by atomic mass is 16.5. The third-order valence-corrected chi connectivity index (χ3v) is 11.2. The van der Waals surface area contributed by atoms with Crippen molar-refractivity contribution >= 4 is 34.1 Å². The number of fused-ring (bicyclic) bond motifs is 6. The van der Waals surface area contributed by atoms with Crippen LogP contribution < -0.4 is 10.1 Å². The van der Waals surface area contributed by atoms with Crippen LogP contribution >= 0.6 is 0 Å². The summed E-state index contributed by atoms with van der Waals surface area (Å²) in [4.78, 5) is 46.2. The highest BCUT2D eigenvalue weighted by Crippen LogP contribution is 2.44. The van der Waals surface area contributed by atoms with E-state index in [-0.39, 0.29) is 23.9 Å². The Hall–Kier alpha value is -4.70. The molecule has 5 aromatic rings. The highest BCUT2D eigenvalue weighted by molar-refractivity contribution is 6.07. The van der Waals surface area contributed by atoms with E-state index >= 15 is 0 Å². The Morgan fingerprint density at radius 2 is 1.94 bits per heavy atom. The largest absolute Gasteiger partial charge is 0.488 e. The van der Waals surface area contributed by atoms with Crippen LogP contribution in [0.1, 0.15) is 82.7 Å². The van der Waals surface area contributed by atoms with Gasteiger partial charge in [0.2, 0.25) is 12.3 Å². The molecule has 0 aliphatic carbocycles. The van der Waals surface area contributed by atoms with E-state index in [1.54, 1.807) is 0 Å². The molecule has 3 aliphatic heterocycles. The van der Waals surface area contributed by atoms with Crippen LogP contribution in [0.15, 0.2) is 48.7 Å². The fourth-order valence-corrected chi connectivity index (χ4v) is 8.42. The van der Waals surface area contributed by atoms with Gasteiger partial charge in [0.1, 0.15) is 30.0 Å². The Balaban J connectivity index is 1.07. The van der Waals surface area contributed by atoms with Gasteiger partial charge in [-0.25, -0.2) is 9.97 Å². The summed E-state index contributed by atoms with van der Waals surface area (Å²) in [6, 6.07) is 14.8. The summed E-state index contributed by atoms with van der Waals surface area (Å²) in [5.74, 6) is 3.33. The first-order valence-electron chi connectivity index (χ1n) is 17.7. The zero-order chi connectivity index (χ0) is 34.0. The van der Waals surface area contributed by atoms with Gasteiger partial charge >= 0.3 is 0 Å². The molecular formula is C39H45N7O3. The van der Waals surface area contributed by atoms with Gasteiger partial charge in [-0.1, -0.05) is 45.4 Å². The molecule has 2 saturated heterocycles. The number of H-pyrrole nitrogens is 2. The normalized spacial score (nSPS) is 22.8. The third-order valence-electron chi connectivity index (χ3n) is 11.2. The zero-order valence-corrected chi connectivity index (χ0v) is 28.9. The van der Waals surface area contributed by atoms with Crippen molar-refractivity contribution in [2.75, 3.05) is 13.6 Å². The van der Waals surface area contributed by atoms with Crippen LogP contribution in [-0.2, 0) is 16.2 Å². The minimum Gasteiger partial charge on any atom is -0.488 e. The van der Waals surface area contributed by atoms with E-state index in [9.17, 15) is 9.59 Å². The predicted molar refractivity (Wildman–Crippen MR) is 191 cm³/mol. The number of likely N-dealkylation sites (tertiary alicyclic amines) is 2. The van der Waals surface area contributed by atoms with E-state index in [1.165, 1.54) is 12.0 Å². The molecule has 0 bridgehead atoms. The maximum atomic E-state index is 13.6. The summed E-state index contributed by atoms with van der Waals surface area (Å²) in [5.41, 5.74) is 7.35. The van der Waals surface area contributed by atoms with Gasteiger partial charge in [-0.15, -0.1) is 0 Å². The summed E-state index contributed by atoms with van der Waals surface area (Å²) in [6.45, 7) is 9.83. The van der Waals surface area contributed by atoms with Crippen molar-refractivity contribution < 1.29 is 14.3 Å². The number of benzene rings is 3. The number of aromatic amines is 2. The molecule has 0 spiro atoms. The number of hydrogen-bond donors (Lipinski definition) is 3. The molecule has 3 aromatic carbocycles. The van der Waals surface area contributed by atoms with Gasteiger partial charge in [0.25, 0.3) is 0 Å². The van der Waals surface area contributed by atoms with Crippen molar-refractivity contribution in [3.8, 4) is 28.1 Å². The van der Waals surface area contributed by atoms with Crippen LogP contribution in [0.25, 0.3) is 44.2 Å². The first kappa shape index (κ1) is 31.6. The Morgan fingerprint density at radius 1 is 1.08 bits per heavy atom. The Labute approximate surface area is 286 Å². The topological polar surface area (TPSA) is 119 Å². The monoisotopic (exact) mass is 659 g/mol. The molecule has 3 N–H and O–H groups in total. The molecule has 1 unspecified atom stereocenters. The maximum absolute atomic E-state index is 13.6. The van der Waals surface area contributed by atoms with Crippen LogP contribution in [0.4, 0.5) is 0 Å². The Kier molecular flexibility index (Phi) is 7.94. The second kappa shape index (κ2) is 12.3. The average Bonchev–Trinajstić information content (AvgIpc) is 3.91. The summed E-state index contributed by atoms with van der Waals surface area (Å²) in [7, 11) is 2.20. The lowest BCUT2D eigenvalue weighted by atomic mass is 9.92. The molecule has 2 amide bonds. The molecule has 10 heteroatoms. The number of aromatic nitrogens is 4. The Morgan fingerprint density at radius 3 is 2.71 bits per heavy atom. The molecule has 0 radical (unpaired) electrons. The number of hydrogen-bond acceptors (Lipinski definition) is 6. The van der Waals surface area contributed by atoms with E-state index in [1.807, 2.05) is 24.9 Å². The molecule has 254 valence electrons. The second-order valence-electron chi connectivity index (χ2n) is 14.7. The molecule has 8 rings (SSSR count). The van der Waals surface area contributed by atoms with E-state index in [0.29, 0.717) is 25.0 Å². The van der Waals surface area contributed by atoms with Crippen LogP contribution in [0.2, 0.25) is 0 Å². The highest BCUT2D eigenvalue weighted by Gasteiger charge is 2.40. The van der Waals surface area contributed by atoms with Crippen molar-refractivity contribution in [2.24, 2.45) is 11.8 Å². The van der Waals surface area contributed by atoms with Crippen molar-refractivity contribution in [1.29, 1.82) is 0 Å². The van der Waals surface area contributed by atoms with E-state index < -0.39 is 6.04 Å². The fourth-order valence-electron chi connectivity index (χ4n) is 8.42. The smallest absolute Gasteiger partial charge is 0.246 e. The van der Waals surface area contributed by atoms with Gasteiger partial charge in [0.15, 0.2) is 0 Å². The summed E-state index contributed by atoms with van der Waals surface area (Å²) >= 11 is 0. The van der Waals surface area contributed by atoms with Crippen molar-refractivity contribution in [3.05, 3.63) is 65.9 Å². The number of amides is 2. The number of imidazole rings is 2. The van der Waals surface area contributed by atoms with Crippen LogP contribution in [-0.4, -0.2) is 67.7 Å². The number of carbonyl (C=O) groups is 2. The van der Waals surface area contributed by atoms with Gasteiger partial charge < -0.3 is 24.9 Å². The Bertz CT molecular complexity index is 2060. The summed E-state index contributed by atoms with van der Waals surface area (Å²) in [5, 5.41) is 5.01. The summed E-state index contributed by atoms with van der Waals surface area (Å²) < 4.78 is 6.41. The van der Waals surface area contributed by atoms with Gasteiger partial charge in [-0.05, 0) is 91.4 Å². The molecule has 49 heavy (non-hydrogen) atoms.